The van der Waals surface area contributed by atoms with Gasteiger partial charge in [0.15, 0.2) is 0 Å². The summed E-state index contributed by atoms with van der Waals surface area (Å²) in [5.41, 5.74) is 3.08. The first-order chi connectivity index (χ1) is 14.3. The van der Waals surface area contributed by atoms with Crippen molar-refractivity contribution in [2.75, 3.05) is 26.2 Å². The van der Waals surface area contributed by atoms with Gasteiger partial charge in [0.2, 0.25) is 0 Å². The van der Waals surface area contributed by atoms with Crippen molar-refractivity contribution in [3.63, 3.8) is 0 Å². The zero-order valence-corrected chi connectivity index (χ0v) is 16.1. The third-order valence-corrected chi connectivity index (χ3v) is 4.87. The van der Waals surface area contributed by atoms with Crippen LogP contribution in [-0.4, -0.2) is 57.0 Å². The minimum atomic E-state index is -0.304. The number of aromatic nitrogens is 3. The number of rotatable bonds is 5. The van der Waals surface area contributed by atoms with Crippen molar-refractivity contribution >= 4 is 6.09 Å². The lowest BCUT2D eigenvalue weighted by Gasteiger charge is -2.33. The number of hydrogen-bond donors (Lipinski definition) is 0. The van der Waals surface area contributed by atoms with Gasteiger partial charge in [-0.05, 0) is 29.8 Å². The van der Waals surface area contributed by atoms with E-state index in [-0.39, 0.29) is 6.09 Å². The molecule has 3 heterocycles. The van der Waals surface area contributed by atoms with Gasteiger partial charge >= 0.3 is 6.09 Å². The largest absolute Gasteiger partial charge is 0.415 e. The minimum Gasteiger partial charge on any atom is -0.410 e. The fraction of sp³-hybridized carbons (Fsp3) is 0.273. The molecule has 0 bridgehead atoms. The summed E-state index contributed by atoms with van der Waals surface area (Å²) in [5, 5.41) is 0. The zero-order valence-electron chi connectivity index (χ0n) is 16.1. The van der Waals surface area contributed by atoms with E-state index < -0.39 is 0 Å². The topological polar surface area (TPSA) is 71.5 Å². The molecule has 0 radical (unpaired) electrons. The molecular formula is C22H23N5O2. The molecule has 1 saturated heterocycles. The van der Waals surface area contributed by atoms with Crippen LogP contribution in [0.15, 0.2) is 67.3 Å². The molecular weight excluding hydrogens is 366 g/mol. The zero-order chi connectivity index (χ0) is 19.9. The monoisotopic (exact) mass is 389 g/mol. The third kappa shape index (κ3) is 5.36. The molecule has 1 aliphatic rings. The number of carbonyl (C=O) groups is 1. The van der Waals surface area contributed by atoms with Crippen molar-refractivity contribution in [1.82, 2.24) is 24.8 Å². The molecule has 7 heteroatoms. The van der Waals surface area contributed by atoms with Crippen LogP contribution in [0.5, 0.6) is 5.75 Å². The van der Waals surface area contributed by atoms with Crippen LogP contribution in [0.3, 0.4) is 0 Å². The second-order valence-corrected chi connectivity index (χ2v) is 6.97. The van der Waals surface area contributed by atoms with E-state index in [4.69, 9.17) is 4.74 Å². The highest BCUT2D eigenvalue weighted by Gasteiger charge is 2.22. The second-order valence-electron chi connectivity index (χ2n) is 6.97. The molecule has 2 aromatic heterocycles. The Kier molecular flexibility index (Phi) is 6.07. The van der Waals surface area contributed by atoms with E-state index in [1.165, 1.54) is 0 Å². The minimum absolute atomic E-state index is 0.304. The number of carbonyl (C=O) groups excluding carboxylic acids is 1. The lowest BCUT2D eigenvalue weighted by atomic mass is 10.1. The molecule has 4 rings (SSSR count). The van der Waals surface area contributed by atoms with E-state index in [1.54, 1.807) is 29.7 Å². The molecule has 1 amide bonds. The summed E-state index contributed by atoms with van der Waals surface area (Å²) in [6.45, 7) is 3.59. The van der Waals surface area contributed by atoms with Gasteiger partial charge in [0.05, 0.1) is 5.69 Å². The summed E-state index contributed by atoms with van der Waals surface area (Å²) in [7, 11) is 0. The summed E-state index contributed by atoms with van der Waals surface area (Å²) in [5.74, 6) is 0.557. The van der Waals surface area contributed by atoms with Gasteiger partial charge in [0.25, 0.3) is 0 Å². The summed E-state index contributed by atoms with van der Waals surface area (Å²) < 4.78 is 5.54. The average molecular weight is 389 g/mol. The summed E-state index contributed by atoms with van der Waals surface area (Å²) in [6, 6.07) is 13.5. The van der Waals surface area contributed by atoms with E-state index in [9.17, 15) is 4.79 Å². The molecule has 0 aliphatic carbocycles. The SMILES string of the molecule is O=C(Oc1ccc(Cc2ccccn2)cc1)N1CCN(Cc2cnccn2)CC1. The number of ether oxygens (including phenoxy) is 1. The Morgan fingerprint density at radius 3 is 2.38 bits per heavy atom. The Labute approximate surface area is 170 Å². The fourth-order valence-corrected chi connectivity index (χ4v) is 3.28. The maximum atomic E-state index is 12.5. The lowest BCUT2D eigenvalue weighted by molar-refractivity contribution is 0.107. The molecule has 1 aromatic carbocycles. The van der Waals surface area contributed by atoms with Crippen molar-refractivity contribution < 1.29 is 9.53 Å². The molecule has 0 saturated carbocycles. The number of hydrogen-bond acceptors (Lipinski definition) is 6. The van der Waals surface area contributed by atoms with Gasteiger partial charge in [0, 0.05) is 69.6 Å². The fourth-order valence-electron chi connectivity index (χ4n) is 3.28. The molecule has 148 valence electrons. The smallest absolute Gasteiger partial charge is 0.410 e. The van der Waals surface area contributed by atoms with Gasteiger partial charge in [-0.2, -0.15) is 0 Å². The van der Waals surface area contributed by atoms with E-state index >= 15 is 0 Å². The second kappa shape index (κ2) is 9.25. The molecule has 1 fully saturated rings. The van der Waals surface area contributed by atoms with Crippen molar-refractivity contribution in [2.24, 2.45) is 0 Å². The van der Waals surface area contributed by atoms with E-state index in [1.807, 2.05) is 42.5 Å². The third-order valence-electron chi connectivity index (χ3n) is 4.87. The van der Waals surface area contributed by atoms with Crippen LogP contribution in [-0.2, 0) is 13.0 Å². The predicted molar refractivity (Wildman–Crippen MR) is 108 cm³/mol. The van der Waals surface area contributed by atoms with Crippen molar-refractivity contribution in [3.8, 4) is 5.75 Å². The molecule has 0 atom stereocenters. The molecule has 0 spiro atoms. The molecule has 29 heavy (non-hydrogen) atoms. The highest BCUT2D eigenvalue weighted by molar-refractivity contribution is 5.70. The summed E-state index contributed by atoms with van der Waals surface area (Å²) in [4.78, 5) is 29.2. The van der Waals surface area contributed by atoms with Crippen LogP contribution in [0.1, 0.15) is 17.0 Å². The molecule has 0 N–H and O–H groups in total. The number of piperazine rings is 1. The Morgan fingerprint density at radius 1 is 0.897 bits per heavy atom. The van der Waals surface area contributed by atoms with Gasteiger partial charge in [-0.3, -0.25) is 19.9 Å². The standard InChI is InChI=1S/C22H23N5O2/c28-22(27-13-11-26(12-14-27)17-20-16-23-9-10-25-20)29-21-6-4-18(5-7-21)15-19-3-1-2-8-24-19/h1-10,16H,11-15,17H2. The first-order valence-electron chi connectivity index (χ1n) is 9.69. The first kappa shape index (κ1) is 19.0. The van der Waals surface area contributed by atoms with Crippen LogP contribution in [0.2, 0.25) is 0 Å². The lowest BCUT2D eigenvalue weighted by Crippen LogP contribution is -2.49. The normalized spacial score (nSPS) is 14.6. The van der Waals surface area contributed by atoms with Crippen molar-refractivity contribution in [2.45, 2.75) is 13.0 Å². The quantitative estimate of drug-likeness (QED) is 0.668. The Hall–Kier alpha value is -3.32. The van der Waals surface area contributed by atoms with E-state index in [0.717, 1.165) is 43.0 Å². The first-order valence-corrected chi connectivity index (χ1v) is 9.69. The molecule has 3 aromatic rings. The Balaban J connectivity index is 1.25. The van der Waals surface area contributed by atoms with Gasteiger partial charge in [0.1, 0.15) is 5.75 Å². The van der Waals surface area contributed by atoms with Crippen molar-refractivity contribution in [3.05, 3.63) is 84.2 Å². The van der Waals surface area contributed by atoms with Crippen LogP contribution in [0, 0.1) is 0 Å². The van der Waals surface area contributed by atoms with Gasteiger partial charge < -0.3 is 9.64 Å². The molecule has 1 aliphatic heterocycles. The van der Waals surface area contributed by atoms with E-state index in [2.05, 4.69) is 19.9 Å². The molecule has 7 nitrogen and oxygen atoms in total. The summed E-state index contributed by atoms with van der Waals surface area (Å²) in [6.07, 6.45) is 7.38. The average Bonchev–Trinajstić information content (AvgIpc) is 2.77. The highest BCUT2D eigenvalue weighted by atomic mass is 16.6. The van der Waals surface area contributed by atoms with Gasteiger partial charge in [-0.25, -0.2) is 4.79 Å². The van der Waals surface area contributed by atoms with Crippen LogP contribution >= 0.6 is 0 Å². The maximum Gasteiger partial charge on any atom is 0.415 e. The van der Waals surface area contributed by atoms with Gasteiger partial charge in [-0.15, -0.1) is 0 Å². The van der Waals surface area contributed by atoms with Crippen LogP contribution < -0.4 is 4.74 Å². The number of nitrogens with zero attached hydrogens (tertiary/aromatic N) is 5. The predicted octanol–water partition coefficient (Wildman–Crippen LogP) is 2.78. The van der Waals surface area contributed by atoms with Crippen LogP contribution in [0.25, 0.3) is 0 Å². The maximum absolute atomic E-state index is 12.5. The van der Waals surface area contributed by atoms with Gasteiger partial charge in [-0.1, -0.05) is 18.2 Å². The molecule has 0 unspecified atom stereocenters. The van der Waals surface area contributed by atoms with E-state index in [0.29, 0.717) is 18.8 Å². The number of pyridine rings is 1. The Bertz CT molecular complexity index is 911. The van der Waals surface area contributed by atoms with Crippen LogP contribution in [0.4, 0.5) is 4.79 Å². The highest BCUT2D eigenvalue weighted by Crippen LogP contribution is 2.16. The summed E-state index contributed by atoms with van der Waals surface area (Å²) >= 11 is 0. The number of amides is 1. The Morgan fingerprint density at radius 2 is 1.69 bits per heavy atom. The van der Waals surface area contributed by atoms with Crippen molar-refractivity contribution in [1.29, 1.82) is 0 Å². The number of benzene rings is 1.